The Morgan fingerprint density at radius 1 is 1.09 bits per heavy atom. The van der Waals surface area contributed by atoms with Crippen LogP contribution in [0.2, 0.25) is 0 Å². The van der Waals surface area contributed by atoms with Crippen molar-refractivity contribution < 1.29 is 4.79 Å². The predicted molar refractivity (Wildman–Crippen MR) is 50.7 cm³/mol. The van der Waals surface area contributed by atoms with E-state index in [1.165, 1.54) is 5.57 Å². The molecule has 0 N–H and O–H groups in total. The van der Waals surface area contributed by atoms with Crippen LogP contribution in [0.5, 0.6) is 0 Å². The molecule has 0 saturated heterocycles. The highest BCUT2D eigenvalue weighted by Crippen LogP contribution is 2.06. The number of carbonyl (C=O) groups excluding carboxylic acids is 1. The number of Topliss-reactive ketones (excluding diaryl/α,β-unsaturated/α-hetero) is 1. The number of hydrogen-bond donors (Lipinski definition) is 0. The first-order valence-electron chi connectivity index (χ1n) is 4.26. The second-order valence-corrected chi connectivity index (χ2v) is 2.32. The van der Waals surface area contributed by atoms with Crippen LogP contribution >= 0.6 is 0 Å². The van der Waals surface area contributed by atoms with Crippen molar-refractivity contribution in [1.82, 2.24) is 0 Å². The Kier molecular flexibility index (Phi) is 8.91. The van der Waals surface area contributed by atoms with E-state index in [0.717, 1.165) is 12.0 Å². The van der Waals surface area contributed by atoms with Crippen molar-refractivity contribution in [3.05, 3.63) is 11.1 Å². The van der Waals surface area contributed by atoms with Gasteiger partial charge in [-0.15, -0.1) is 0 Å². The molecule has 66 valence electrons. The van der Waals surface area contributed by atoms with Gasteiger partial charge < -0.3 is 0 Å². The van der Waals surface area contributed by atoms with Gasteiger partial charge in [-0.05, 0) is 32.8 Å². The first kappa shape index (κ1) is 13.0. The standard InChI is InChI=1S/C8H14O.C2H6/c1-5-6(2)7(3)8(4)9;1-2/h5H2,1-4H3;1-2H3/b7-6-;. The molecule has 0 atom stereocenters. The van der Waals surface area contributed by atoms with Crippen molar-refractivity contribution in [1.29, 1.82) is 0 Å². The average Bonchev–Trinajstić information content (AvgIpc) is 2.05. The van der Waals surface area contributed by atoms with Crippen molar-refractivity contribution in [3.63, 3.8) is 0 Å². The van der Waals surface area contributed by atoms with E-state index in [9.17, 15) is 4.79 Å². The van der Waals surface area contributed by atoms with Gasteiger partial charge in [0.2, 0.25) is 0 Å². The minimum absolute atomic E-state index is 0.189. The number of carbonyl (C=O) groups is 1. The van der Waals surface area contributed by atoms with E-state index < -0.39 is 0 Å². The Morgan fingerprint density at radius 3 is 1.55 bits per heavy atom. The van der Waals surface area contributed by atoms with Gasteiger partial charge >= 0.3 is 0 Å². The summed E-state index contributed by atoms with van der Waals surface area (Å²) in [5.41, 5.74) is 2.11. The molecule has 11 heavy (non-hydrogen) atoms. The fraction of sp³-hybridized carbons (Fsp3) is 0.700. The molecule has 0 aromatic carbocycles. The molecule has 0 aliphatic carbocycles. The highest BCUT2D eigenvalue weighted by Gasteiger charge is 1.98. The lowest BCUT2D eigenvalue weighted by Gasteiger charge is -1.98. The normalized spacial score (nSPS) is 11.1. The van der Waals surface area contributed by atoms with Crippen molar-refractivity contribution in [2.75, 3.05) is 0 Å². The van der Waals surface area contributed by atoms with Crippen LogP contribution in [0.15, 0.2) is 11.1 Å². The van der Waals surface area contributed by atoms with Crippen molar-refractivity contribution in [2.45, 2.75) is 48.0 Å². The summed E-state index contributed by atoms with van der Waals surface area (Å²) in [5.74, 6) is 0.189. The van der Waals surface area contributed by atoms with Gasteiger partial charge in [0.05, 0.1) is 0 Å². The van der Waals surface area contributed by atoms with Gasteiger partial charge in [0.15, 0.2) is 5.78 Å². The minimum Gasteiger partial charge on any atom is -0.295 e. The third-order valence-corrected chi connectivity index (χ3v) is 1.70. The van der Waals surface area contributed by atoms with Gasteiger partial charge in [-0.1, -0.05) is 26.3 Å². The highest BCUT2D eigenvalue weighted by molar-refractivity contribution is 5.93. The summed E-state index contributed by atoms with van der Waals surface area (Å²) in [6, 6.07) is 0. The first-order chi connectivity index (χ1) is 5.09. The maximum atomic E-state index is 10.7. The van der Waals surface area contributed by atoms with E-state index in [1.807, 2.05) is 27.7 Å². The van der Waals surface area contributed by atoms with Gasteiger partial charge in [-0.2, -0.15) is 0 Å². The fourth-order valence-corrected chi connectivity index (χ4v) is 0.566. The van der Waals surface area contributed by atoms with Crippen LogP contribution in [0.25, 0.3) is 0 Å². The highest BCUT2D eigenvalue weighted by atomic mass is 16.1. The quantitative estimate of drug-likeness (QED) is 0.560. The number of hydrogen-bond acceptors (Lipinski definition) is 1. The van der Waals surface area contributed by atoms with Crippen molar-refractivity contribution in [2.24, 2.45) is 0 Å². The van der Waals surface area contributed by atoms with Gasteiger partial charge in [0.25, 0.3) is 0 Å². The molecule has 0 saturated carbocycles. The number of ketones is 1. The molecule has 0 amide bonds. The lowest BCUT2D eigenvalue weighted by molar-refractivity contribution is -0.113. The molecule has 0 aliphatic heterocycles. The molecule has 0 bridgehead atoms. The number of rotatable bonds is 2. The van der Waals surface area contributed by atoms with Crippen LogP contribution in [0.1, 0.15) is 48.0 Å². The molecule has 0 spiro atoms. The molecule has 0 aliphatic rings. The molecule has 1 heteroatoms. The minimum atomic E-state index is 0.189. The van der Waals surface area contributed by atoms with Gasteiger partial charge in [-0.25, -0.2) is 0 Å². The molecule has 0 rings (SSSR count). The zero-order valence-electron chi connectivity index (χ0n) is 8.62. The van der Waals surface area contributed by atoms with E-state index in [2.05, 4.69) is 6.92 Å². The van der Waals surface area contributed by atoms with E-state index in [4.69, 9.17) is 0 Å². The summed E-state index contributed by atoms with van der Waals surface area (Å²) >= 11 is 0. The average molecular weight is 156 g/mol. The van der Waals surface area contributed by atoms with Crippen LogP contribution in [0, 0.1) is 0 Å². The third kappa shape index (κ3) is 5.84. The SMILES string of the molecule is CC.CC/C(C)=C(/C)C(C)=O. The van der Waals surface area contributed by atoms with Crippen LogP contribution in [-0.2, 0) is 4.79 Å². The second-order valence-electron chi connectivity index (χ2n) is 2.32. The summed E-state index contributed by atoms with van der Waals surface area (Å²) in [6.45, 7) is 11.5. The summed E-state index contributed by atoms with van der Waals surface area (Å²) < 4.78 is 0. The van der Waals surface area contributed by atoms with Crippen molar-refractivity contribution >= 4 is 5.78 Å². The van der Waals surface area contributed by atoms with E-state index in [-0.39, 0.29) is 5.78 Å². The zero-order chi connectivity index (χ0) is 9.44. The summed E-state index contributed by atoms with van der Waals surface area (Å²) in [5, 5.41) is 0. The van der Waals surface area contributed by atoms with Crippen LogP contribution < -0.4 is 0 Å². The molecule has 1 nitrogen and oxygen atoms in total. The molecular formula is C10H20O. The molecule has 0 aromatic rings. The fourth-order valence-electron chi connectivity index (χ4n) is 0.566. The van der Waals surface area contributed by atoms with Gasteiger partial charge in [0.1, 0.15) is 0 Å². The summed E-state index contributed by atoms with van der Waals surface area (Å²) in [7, 11) is 0. The third-order valence-electron chi connectivity index (χ3n) is 1.70. The number of allylic oxidation sites excluding steroid dienone is 2. The van der Waals surface area contributed by atoms with E-state index in [1.54, 1.807) is 6.92 Å². The second kappa shape index (κ2) is 7.52. The topological polar surface area (TPSA) is 17.1 Å². The lowest BCUT2D eigenvalue weighted by atomic mass is 10.1. The zero-order valence-corrected chi connectivity index (χ0v) is 8.62. The Labute approximate surface area is 70.5 Å². The monoisotopic (exact) mass is 156 g/mol. The maximum Gasteiger partial charge on any atom is 0.155 e. The molecule has 0 radical (unpaired) electrons. The van der Waals surface area contributed by atoms with Crippen LogP contribution in [0.3, 0.4) is 0 Å². The Morgan fingerprint density at radius 2 is 1.45 bits per heavy atom. The van der Waals surface area contributed by atoms with Gasteiger partial charge in [0, 0.05) is 0 Å². The Balaban J connectivity index is 0. The first-order valence-corrected chi connectivity index (χ1v) is 4.26. The Hall–Kier alpha value is -0.590. The largest absolute Gasteiger partial charge is 0.295 e. The van der Waals surface area contributed by atoms with Crippen LogP contribution in [-0.4, -0.2) is 5.78 Å². The van der Waals surface area contributed by atoms with Crippen molar-refractivity contribution in [3.8, 4) is 0 Å². The molecule has 0 fully saturated rings. The molecular weight excluding hydrogens is 136 g/mol. The molecule has 0 aromatic heterocycles. The van der Waals surface area contributed by atoms with E-state index >= 15 is 0 Å². The van der Waals surface area contributed by atoms with Gasteiger partial charge in [-0.3, -0.25) is 4.79 Å². The van der Waals surface area contributed by atoms with E-state index in [0.29, 0.717) is 0 Å². The smallest absolute Gasteiger partial charge is 0.155 e. The summed E-state index contributed by atoms with van der Waals surface area (Å²) in [6.07, 6.45) is 0.978. The predicted octanol–water partition coefficient (Wildman–Crippen LogP) is 3.35. The molecule has 0 unspecified atom stereocenters. The maximum absolute atomic E-state index is 10.7. The summed E-state index contributed by atoms with van der Waals surface area (Å²) in [4.78, 5) is 10.7. The lowest BCUT2D eigenvalue weighted by Crippen LogP contribution is -1.94. The molecule has 0 heterocycles. The Bertz CT molecular complexity index is 143. The van der Waals surface area contributed by atoms with Crippen LogP contribution in [0.4, 0.5) is 0 Å².